The molecule has 3 rings (SSSR count). The number of Topliss-reactive ketones (excluding diaryl/α,β-unsaturated/α-hetero) is 1. The number of carbonyl (C=O) groups is 2. The van der Waals surface area contributed by atoms with Gasteiger partial charge in [-0.2, -0.15) is 0 Å². The maximum absolute atomic E-state index is 12.9. The summed E-state index contributed by atoms with van der Waals surface area (Å²) in [5.41, 5.74) is 1.14. The minimum Gasteiger partial charge on any atom is -0.497 e. The van der Waals surface area contributed by atoms with E-state index in [0.29, 0.717) is 34.4 Å². The van der Waals surface area contributed by atoms with Crippen LogP contribution in [0.25, 0.3) is 0 Å². The van der Waals surface area contributed by atoms with Crippen molar-refractivity contribution in [3.05, 3.63) is 59.9 Å². The lowest BCUT2D eigenvalue weighted by Gasteiger charge is -2.16. The number of rotatable bonds is 10. The van der Waals surface area contributed by atoms with Gasteiger partial charge in [-0.1, -0.05) is 30.8 Å². The molecule has 174 valence electrons. The minimum absolute atomic E-state index is 0.0508. The SMILES string of the molecule is CCC(Sc1nnc(C(C)Oc2ccc(OC)cc2)n1C)C(=O)Nc1cccc(C(C)=O)c1. The molecule has 1 N–H and O–H groups in total. The monoisotopic (exact) mass is 468 g/mol. The van der Waals surface area contributed by atoms with Crippen LogP contribution in [0.15, 0.2) is 53.7 Å². The molecule has 3 aromatic rings. The van der Waals surface area contributed by atoms with E-state index in [1.165, 1.54) is 18.7 Å². The molecule has 1 heterocycles. The van der Waals surface area contributed by atoms with Gasteiger partial charge in [0.15, 0.2) is 22.9 Å². The Morgan fingerprint density at radius 2 is 1.82 bits per heavy atom. The molecule has 0 aliphatic carbocycles. The van der Waals surface area contributed by atoms with Crippen LogP contribution < -0.4 is 14.8 Å². The smallest absolute Gasteiger partial charge is 0.237 e. The zero-order valence-electron chi connectivity index (χ0n) is 19.4. The fourth-order valence-electron chi connectivity index (χ4n) is 3.18. The zero-order valence-corrected chi connectivity index (χ0v) is 20.2. The lowest BCUT2D eigenvalue weighted by atomic mass is 10.1. The largest absolute Gasteiger partial charge is 0.497 e. The van der Waals surface area contributed by atoms with E-state index in [1.54, 1.807) is 31.4 Å². The Balaban J connectivity index is 1.67. The molecule has 2 aromatic carbocycles. The number of methoxy groups -OCH3 is 1. The van der Waals surface area contributed by atoms with Gasteiger partial charge >= 0.3 is 0 Å². The summed E-state index contributed by atoms with van der Waals surface area (Å²) in [7, 11) is 3.47. The van der Waals surface area contributed by atoms with Gasteiger partial charge in [0.05, 0.1) is 12.4 Å². The predicted octanol–water partition coefficient (Wildman–Crippen LogP) is 4.68. The number of ether oxygens (including phenoxy) is 2. The van der Waals surface area contributed by atoms with E-state index in [2.05, 4.69) is 15.5 Å². The van der Waals surface area contributed by atoms with Gasteiger partial charge in [0.2, 0.25) is 5.91 Å². The molecule has 0 aliphatic heterocycles. The lowest BCUT2D eigenvalue weighted by molar-refractivity contribution is -0.115. The Morgan fingerprint density at radius 3 is 2.45 bits per heavy atom. The number of thioether (sulfide) groups is 1. The van der Waals surface area contributed by atoms with Crippen LogP contribution in [0.1, 0.15) is 49.5 Å². The molecule has 1 aromatic heterocycles. The highest BCUT2D eigenvalue weighted by Crippen LogP contribution is 2.28. The average Bonchev–Trinajstić information content (AvgIpc) is 3.18. The fraction of sp³-hybridized carbons (Fsp3) is 0.333. The summed E-state index contributed by atoms with van der Waals surface area (Å²) in [5, 5.41) is 11.7. The Hall–Kier alpha value is -3.33. The summed E-state index contributed by atoms with van der Waals surface area (Å²) in [6.07, 6.45) is 0.261. The van der Waals surface area contributed by atoms with Gasteiger partial charge in [0.25, 0.3) is 0 Å². The van der Waals surface area contributed by atoms with Crippen molar-refractivity contribution >= 4 is 29.1 Å². The number of carbonyl (C=O) groups excluding carboxylic acids is 2. The highest BCUT2D eigenvalue weighted by Gasteiger charge is 2.24. The predicted molar refractivity (Wildman–Crippen MR) is 128 cm³/mol. The van der Waals surface area contributed by atoms with Crippen molar-refractivity contribution in [1.29, 1.82) is 0 Å². The van der Waals surface area contributed by atoms with Crippen LogP contribution in [0.2, 0.25) is 0 Å². The summed E-state index contributed by atoms with van der Waals surface area (Å²) in [4.78, 5) is 24.5. The van der Waals surface area contributed by atoms with Crippen molar-refractivity contribution in [3.63, 3.8) is 0 Å². The van der Waals surface area contributed by atoms with Crippen molar-refractivity contribution in [2.75, 3.05) is 12.4 Å². The standard InChI is InChI=1S/C24H28N4O4S/c1-6-21(23(30)25-18-9-7-8-17(14-18)15(2)29)33-24-27-26-22(28(24)4)16(3)32-20-12-10-19(31-5)11-13-20/h7-14,16,21H,6H2,1-5H3,(H,25,30). The Labute approximate surface area is 197 Å². The number of hydrogen-bond acceptors (Lipinski definition) is 7. The first-order chi connectivity index (χ1) is 15.8. The fourth-order valence-corrected chi connectivity index (χ4v) is 4.11. The third kappa shape index (κ3) is 6.13. The van der Waals surface area contributed by atoms with E-state index in [1.807, 2.05) is 49.7 Å². The van der Waals surface area contributed by atoms with Crippen molar-refractivity contribution in [3.8, 4) is 11.5 Å². The van der Waals surface area contributed by atoms with Crippen LogP contribution >= 0.6 is 11.8 Å². The molecule has 0 saturated carbocycles. The van der Waals surface area contributed by atoms with Crippen LogP contribution in [0.3, 0.4) is 0 Å². The topological polar surface area (TPSA) is 95.3 Å². The Kier molecular flexibility index (Phi) is 8.11. The van der Waals surface area contributed by atoms with Crippen molar-refractivity contribution in [2.24, 2.45) is 7.05 Å². The summed E-state index contributed by atoms with van der Waals surface area (Å²) >= 11 is 1.34. The molecular weight excluding hydrogens is 440 g/mol. The van der Waals surface area contributed by atoms with Crippen molar-refractivity contribution < 1.29 is 19.1 Å². The average molecular weight is 469 g/mol. The van der Waals surface area contributed by atoms with E-state index in [0.717, 1.165) is 5.75 Å². The summed E-state index contributed by atoms with van der Waals surface area (Å²) < 4.78 is 13.0. The first-order valence-electron chi connectivity index (χ1n) is 10.6. The van der Waals surface area contributed by atoms with Gasteiger partial charge in [-0.25, -0.2) is 0 Å². The molecule has 8 nitrogen and oxygen atoms in total. The first-order valence-corrected chi connectivity index (χ1v) is 11.5. The van der Waals surface area contributed by atoms with E-state index in [-0.39, 0.29) is 23.0 Å². The van der Waals surface area contributed by atoms with Crippen LogP contribution in [-0.4, -0.2) is 38.8 Å². The zero-order chi connectivity index (χ0) is 24.0. The molecule has 2 atom stereocenters. The van der Waals surface area contributed by atoms with Crippen LogP contribution in [0, 0.1) is 0 Å². The summed E-state index contributed by atoms with van der Waals surface area (Å²) in [5.74, 6) is 1.89. The van der Waals surface area contributed by atoms with Crippen LogP contribution in [-0.2, 0) is 11.8 Å². The highest BCUT2D eigenvalue weighted by molar-refractivity contribution is 8.00. The quantitative estimate of drug-likeness (QED) is 0.341. The molecule has 0 saturated heterocycles. The van der Waals surface area contributed by atoms with E-state index >= 15 is 0 Å². The number of nitrogens with one attached hydrogen (secondary N) is 1. The second-order valence-corrected chi connectivity index (χ2v) is 8.65. The molecule has 33 heavy (non-hydrogen) atoms. The number of amides is 1. The van der Waals surface area contributed by atoms with Gasteiger partial charge < -0.3 is 19.4 Å². The molecule has 2 unspecified atom stereocenters. The van der Waals surface area contributed by atoms with Crippen molar-refractivity contribution in [1.82, 2.24) is 14.8 Å². The molecular formula is C24H28N4O4S. The van der Waals surface area contributed by atoms with E-state index in [9.17, 15) is 9.59 Å². The minimum atomic E-state index is -0.375. The number of ketones is 1. The third-order valence-electron chi connectivity index (χ3n) is 5.05. The normalized spacial score (nSPS) is 12.6. The van der Waals surface area contributed by atoms with Gasteiger partial charge in [-0.3, -0.25) is 9.59 Å². The second kappa shape index (κ2) is 11.0. The molecule has 0 fully saturated rings. The van der Waals surface area contributed by atoms with E-state index < -0.39 is 0 Å². The summed E-state index contributed by atoms with van der Waals surface area (Å²) in [6.45, 7) is 5.33. The van der Waals surface area contributed by atoms with Crippen LogP contribution in [0.4, 0.5) is 5.69 Å². The maximum Gasteiger partial charge on any atom is 0.237 e. The molecule has 1 amide bonds. The van der Waals surface area contributed by atoms with E-state index in [4.69, 9.17) is 9.47 Å². The lowest BCUT2D eigenvalue weighted by Crippen LogP contribution is -2.25. The number of anilines is 1. The molecule has 0 aliphatic rings. The molecule has 0 radical (unpaired) electrons. The Morgan fingerprint density at radius 1 is 1.12 bits per heavy atom. The first kappa shape index (κ1) is 24.3. The van der Waals surface area contributed by atoms with Gasteiger partial charge in [0.1, 0.15) is 11.5 Å². The van der Waals surface area contributed by atoms with Gasteiger partial charge in [-0.05, 0) is 56.7 Å². The van der Waals surface area contributed by atoms with Crippen LogP contribution in [0.5, 0.6) is 11.5 Å². The number of benzene rings is 2. The van der Waals surface area contributed by atoms with Gasteiger partial charge in [-0.15, -0.1) is 10.2 Å². The summed E-state index contributed by atoms with van der Waals surface area (Å²) in [6, 6.07) is 14.2. The number of hydrogen-bond donors (Lipinski definition) is 1. The second-order valence-electron chi connectivity index (χ2n) is 7.48. The highest BCUT2D eigenvalue weighted by atomic mass is 32.2. The van der Waals surface area contributed by atoms with Crippen molar-refractivity contribution in [2.45, 2.75) is 43.7 Å². The molecule has 0 bridgehead atoms. The Bertz CT molecular complexity index is 1110. The molecule has 0 spiro atoms. The third-order valence-corrected chi connectivity index (χ3v) is 6.45. The number of aromatic nitrogens is 3. The maximum atomic E-state index is 12.9. The van der Waals surface area contributed by atoms with Gasteiger partial charge in [0, 0.05) is 18.3 Å². The number of nitrogens with zero attached hydrogens (tertiary/aromatic N) is 3. The molecule has 9 heteroatoms.